The van der Waals surface area contributed by atoms with E-state index in [9.17, 15) is 9.59 Å². The summed E-state index contributed by atoms with van der Waals surface area (Å²) in [7, 11) is 1.65. The lowest BCUT2D eigenvalue weighted by atomic mass is 10.1. The van der Waals surface area contributed by atoms with E-state index in [4.69, 9.17) is 4.74 Å². The van der Waals surface area contributed by atoms with Crippen LogP contribution in [0.2, 0.25) is 0 Å². The molecule has 1 atom stereocenters. The van der Waals surface area contributed by atoms with Crippen LogP contribution in [0.25, 0.3) is 0 Å². The average molecular weight is 319 g/mol. The Labute approximate surface area is 137 Å². The van der Waals surface area contributed by atoms with Crippen LogP contribution in [0.4, 0.5) is 0 Å². The van der Waals surface area contributed by atoms with Crippen LogP contribution in [-0.4, -0.2) is 49.5 Å². The summed E-state index contributed by atoms with van der Waals surface area (Å²) in [6, 6.07) is 5.58. The molecule has 6 heteroatoms. The van der Waals surface area contributed by atoms with Gasteiger partial charge < -0.3 is 15.4 Å². The molecule has 0 unspecified atom stereocenters. The molecule has 2 N–H and O–H groups in total. The van der Waals surface area contributed by atoms with E-state index in [1.54, 1.807) is 7.11 Å². The Morgan fingerprint density at radius 1 is 1.48 bits per heavy atom. The van der Waals surface area contributed by atoms with E-state index in [0.29, 0.717) is 19.6 Å². The van der Waals surface area contributed by atoms with Crippen molar-refractivity contribution in [3.05, 3.63) is 29.3 Å². The fourth-order valence-electron chi connectivity index (χ4n) is 2.89. The van der Waals surface area contributed by atoms with Crippen molar-refractivity contribution in [1.82, 2.24) is 15.5 Å². The van der Waals surface area contributed by atoms with Gasteiger partial charge in [0.25, 0.3) is 0 Å². The summed E-state index contributed by atoms with van der Waals surface area (Å²) in [4.78, 5) is 26.1. The molecule has 1 fully saturated rings. The van der Waals surface area contributed by atoms with Crippen molar-refractivity contribution in [2.24, 2.45) is 0 Å². The summed E-state index contributed by atoms with van der Waals surface area (Å²) in [6.07, 6.45) is 0.189. The van der Waals surface area contributed by atoms with Crippen molar-refractivity contribution in [3.8, 4) is 5.75 Å². The highest BCUT2D eigenvalue weighted by Crippen LogP contribution is 2.21. The monoisotopic (exact) mass is 319 g/mol. The number of hydrogen-bond acceptors (Lipinski definition) is 4. The first-order valence-corrected chi connectivity index (χ1v) is 7.97. The molecule has 23 heavy (non-hydrogen) atoms. The Hall–Kier alpha value is -2.08. The highest BCUT2D eigenvalue weighted by molar-refractivity contribution is 5.88. The first-order valence-electron chi connectivity index (χ1n) is 7.97. The summed E-state index contributed by atoms with van der Waals surface area (Å²) in [6.45, 7) is 6.43. The highest BCUT2D eigenvalue weighted by atomic mass is 16.5. The molecule has 1 aromatic rings. The van der Waals surface area contributed by atoms with Crippen LogP contribution in [0, 0.1) is 6.92 Å². The summed E-state index contributed by atoms with van der Waals surface area (Å²) in [5, 5.41) is 5.60. The Morgan fingerprint density at radius 2 is 2.26 bits per heavy atom. The standard InChI is InChI=1S/C17H25N3O3/c1-4-18-16(21)10-14-17(22)19-7-8-20(14)11-13-5-6-15(23-3)12(2)9-13/h5-6,9,14H,4,7-8,10-11H2,1-3H3,(H,18,21)(H,19,22)/t14-/m0/s1. The third-order valence-electron chi connectivity index (χ3n) is 4.04. The Kier molecular flexibility index (Phi) is 5.98. The fraction of sp³-hybridized carbons (Fsp3) is 0.529. The molecule has 0 aliphatic carbocycles. The van der Waals surface area contributed by atoms with Crippen molar-refractivity contribution in [2.75, 3.05) is 26.7 Å². The molecule has 1 heterocycles. The van der Waals surface area contributed by atoms with E-state index in [0.717, 1.165) is 23.4 Å². The third kappa shape index (κ3) is 4.45. The maximum absolute atomic E-state index is 12.1. The van der Waals surface area contributed by atoms with Crippen molar-refractivity contribution in [1.29, 1.82) is 0 Å². The Balaban J connectivity index is 2.10. The van der Waals surface area contributed by atoms with E-state index >= 15 is 0 Å². The number of benzene rings is 1. The second kappa shape index (κ2) is 7.97. The first-order chi connectivity index (χ1) is 11.0. The minimum absolute atomic E-state index is 0.0762. The molecule has 0 bridgehead atoms. The minimum Gasteiger partial charge on any atom is -0.496 e. The zero-order valence-corrected chi connectivity index (χ0v) is 14.0. The third-order valence-corrected chi connectivity index (χ3v) is 4.04. The lowest BCUT2D eigenvalue weighted by Gasteiger charge is -2.34. The van der Waals surface area contributed by atoms with Crippen LogP contribution in [-0.2, 0) is 16.1 Å². The van der Waals surface area contributed by atoms with Gasteiger partial charge in [0.05, 0.1) is 19.6 Å². The van der Waals surface area contributed by atoms with Gasteiger partial charge in [-0.15, -0.1) is 0 Å². The number of piperazine rings is 1. The molecule has 1 saturated heterocycles. The number of nitrogens with one attached hydrogen (secondary N) is 2. The summed E-state index contributed by atoms with van der Waals surface area (Å²) in [5.74, 6) is 0.683. The summed E-state index contributed by atoms with van der Waals surface area (Å²) < 4.78 is 5.28. The van der Waals surface area contributed by atoms with Gasteiger partial charge >= 0.3 is 0 Å². The number of carbonyl (C=O) groups is 2. The van der Waals surface area contributed by atoms with Gasteiger partial charge in [-0.1, -0.05) is 12.1 Å². The quantitative estimate of drug-likeness (QED) is 0.815. The van der Waals surface area contributed by atoms with Crippen LogP contribution in [0.1, 0.15) is 24.5 Å². The van der Waals surface area contributed by atoms with Crippen LogP contribution in [0.5, 0.6) is 5.75 Å². The highest BCUT2D eigenvalue weighted by Gasteiger charge is 2.31. The smallest absolute Gasteiger partial charge is 0.237 e. The topological polar surface area (TPSA) is 70.7 Å². The number of rotatable bonds is 6. The van der Waals surface area contributed by atoms with E-state index < -0.39 is 6.04 Å². The SMILES string of the molecule is CCNC(=O)C[C@H]1C(=O)NCCN1Cc1ccc(OC)c(C)c1. The van der Waals surface area contributed by atoms with Crippen molar-refractivity contribution in [3.63, 3.8) is 0 Å². The molecule has 1 aliphatic heterocycles. The molecule has 6 nitrogen and oxygen atoms in total. The number of methoxy groups -OCH3 is 1. The zero-order chi connectivity index (χ0) is 16.8. The van der Waals surface area contributed by atoms with Gasteiger partial charge in [-0.3, -0.25) is 14.5 Å². The van der Waals surface area contributed by atoms with Gasteiger partial charge in [0, 0.05) is 26.2 Å². The number of carbonyl (C=O) groups excluding carboxylic acids is 2. The lowest BCUT2D eigenvalue weighted by molar-refractivity contribution is -0.134. The number of aryl methyl sites for hydroxylation is 1. The second-order valence-corrected chi connectivity index (χ2v) is 5.74. The van der Waals surface area contributed by atoms with Gasteiger partial charge in [-0.05, 0) is 31.0 Å². The minimum atomic E-state index is -0.419. The van der Waals surface area contributed by atoms with Crippen LogP contribution in [0.15, 0.2) is 18.2 Å². The Bertz CT molecular complexity index is 574. The van der Waals surface area contributed by atoms with Crippen LogP contribution >= 0.6 is 0 Å². The molecule has 0 spiro atoms. The van der Waals surface area contributed by atoms with Crippen LogP contribution in [0.3, 0.4) is 0 Å². The van der Waals surface area contributed by atoms with Crippen molar-refractivity contribution >= 4 is 11.8 Å². The van der Waals surface area contributed by atoms with E-state index in [-0.39, 0.29) is 18.2 Å². The van der Waals surface area contributed by atoms with E-state index in [1.165, 1.54) is 0 Å². The van der Waals surface area contributed by atoms with Gasteiger partial charge in [-0.2, -0.15) is 0 Å². The second-order valence-electron chi connectivity index (χ2n) is 5.74. The maximum atomic E-state index is 12.1. The summed E-state index contributed by atoms with van der Waals surface area (Å²) >= 11 is 0. The lowest BCUT2D eigenvalue weighted by Crippen LogP contribution is -2.56. The molecule has 2 amide bonds. The Morgan fingerprint density at radius 3 is 2.91 bits per heavy atom. The number of amides is 2. The molecule has 0 radical (unpaired) electrons. The number of ether oxygens (including phenoxy) is 1. The maximum Gasteiger partial charge on any atom is 0.237 e. The van der Waals surface area contributed by atoms with Crippen molar-refractivity contribution < 1.29 is 14.3 Å². The zero-order valence-electron chi connectivity index (χ0n) is 14.0. The molecule has 0 aromatic heterocycles. The average Bonchev–Trinajstić information content (AvgIpc) is 2.51. The fourth-order valence-corrected chi connectivity index (χ4v) is 2.89. The molecule has 1 aromatic carbocycles. The molecular formula is C17H25N3O3. The molecule has 2 rings (SSSR count). The van der Waals surface area contributed by atoms with Gasteiger partial charge in [0.15, 0.2) is 0 Å². The molecular weight excluding hydrogens is 294 g/mol. The largest absolute Gasteiger partial charge is 0.496 e. The first kappa shape index (κ1) is 17.3. The molecule has 1 aliphatic rings. The van der Waals surface area contributed by atoms with E-state index in [1.807, 2.05) is 26.0 Å². The predicted molar refractivity (Wildman–Crippen MR) is 88.2 cm³/mol. The normalized spacial score (nSPS) is 18.4. The van der Waals surface area contributed by atoms with Gasteiger partial charge in [0.2, 0.25) is 11.8 Å². The van der Waals surface area contributed by atoms with Gasteiger partial charge in [-0.25, -0.2) is 0 Å². The van der Waals surface area contributed by atoms with Crippen molar-refractivity contribution in [2.45, 2.75) is 32.9 Å². The van der Waals surface area contributed by atoms with Crippen LogP contribution < -0.4 is 15.4 Å². The number of nitrogens with zero attached hydrogens (tertiary/aromatic N) is 1. The number of hydrogen-bond donors (Lipinski definition) is 2. The summed E-state index contributed by atoms with van der Waals surface area (Å²) in [5.41, 5.74) is 2.17. The molecule has 126 valence electrons. The molecule has 0 saturated carbocycles. The van der Waals surface area contributed by atoms with E-state index in [2.05, 4.69) is 21.6 Å². The van der Waals surface area contributed by atoms with Gasteiger partial charge in [0.1, 0.15) is 5.75 Å². The predicted octanol–water partition coefficient (Wildman–Crippen LogP) is 0.830.